The highest BCUT2D eigenvalue weighted by Crippen LogP contribution is 1.95. The highest BCUT2D eigenvalue weighted by atomic mass is 16.1. The zero-order chi connectivity index (χ0) is 10.4. The van der Waals surface area contributed by atoms with Crippen LogP contribution in [0.1, 0.15) is 23.7 Å². The summed E-state index contributed by atoms with van der Waals surface area (Å²) in [5.74, 6) is -0.103. The van der Waals surface area contributed by atoms with Gasteiger partial charge in [0.15, 0.2) is 0 Å². The molecule has 1 aromatic rings. The molecule has 0 saturated heterocycles. The maximum Gasteiger partial charge on any atom is 0.251 e. The molecule has 0 fully saturated rings. The SMILES string of the molecule is CC(=O)CCNC(=O)c1ccncc1. The average molecular weight is 192 g/mol. The zero-order valence-corrected chi connectivity index (χ0v) is 7.99. The Bertz CT molecular complexity index is 322. The van der Waals surface area contributed by atoms with Crippen LogP contribution < -0.4 is 5.32 Å². The summed E-state index contributed by atoms with van der Waals surface area (Å²) in [5, 5.41) is 2.64. The largest absolute Gasteiger partial charge is 0.352 e. The molecule has 1 aromatic heterocycles. The fourth-order valence-corrected chi connectivity index (χ4v) is 0.957. The molecule has 74 valence electrons. The number of aromatic nitrogens is 1. The molecular formula is C10H12N2O2. The van der Waals surface area contributed by atoms with Crippen molar-refractivity contribution in [3.8, 4) is 0 Å². The van der Waals surface area contributed by atoms with Crippen LogP contribution >= 0.6 is 0 Å². The van der Waals surface area contributed by atoms with Crippen LogP contribution in [-0.2, 0) is 4.79 Å². The van der Waals surface area contributed by atoms with Crippen molar-refractivity contribution in [2.75, 3.05) is 6.54 Å². The highest BCUT2D eigenvalue weighted by Gasteiger charge is 2.03. The third-order valence-electron chi connectivity index (χ3n) is 1.71. The number of rotatable bonds is 4. The van der Waals surface area contributed by atoms with Crippen molar-refractivity contribution >= 4 is 11.7 Å². The Labute approximate surface area is 82.3 Å². The molecule has 4 heteroatoms. The molecule has 0 aromatic carbocycles. The molecule has 0 atom stereocenters. The molecule has 14 heavy (non-hydrogen) atoms. The van der Waals surface area contributed by atoms with Gasteiger partial charge < -0.3 is 5.32 Å². The topological polar surface area (TPSA) is 59.1 Å². The second kappa shape index (κ2) is 5.11. The van der Waals surface area contributed by atoms with Crippen LogP contribution in [0, 0.1) is 0 Å². The standard InChI is InChI=1S/C10H12N2O2/c1-8(13)2-7-12-10(14)9-3-5-11-6-4-9/h3-6H,2,7H2,1H3,(H,12,14). The van der Waals surface area contributed by atoms with Gasteiger partial charge in [0.2, 0.25) is 0 Å². The van der Waals surface area contributed by atoms with Crippen LogP contribution in [0.2, 0.25) is 0 Å². The van der Waals surface area contributed by atoms with Crippen molar-refractivity contribution in [2.24, 2.45) is 0 Å². The van der Waals surface area contributed by atoms with Gasteiger partial charge in [-0.25, -0.2) is 0 Å². The van der Waals surface area contributed by atoms with E-state index >= 15 is 0 Å². The summed E-state index contributed by atoms with van der Waals surface area (Å²) in [4.78, 5) is 25.8. The monoisotopic (exact) mass is 192 g/mol. The van der Waals surface area contributed by atoms with E-state index in [0.717, 1.165) is 0 Å². The first kappa shape index (κ1) is 10.4. The van der Waals surface area contributed by atoms with E-state index in [2.05, 4.69) is 10.3 Å². The number of carbonyl (C=O) groups is 2. The number of amides is 1. The number of pyridine rings is 1. The van der Waals surface area contributed by atoms with Gasteiger partial charge in [0, 0.05) is 30.9 Å². The van der Waals surface area contributed by atoms with Crippen molar-refractivity contribution in [1.29, 1.82) is 0 Å². The third kappa shape index (κ3) is 3.35. The fourth-order valence-electron chi connectivity index (χ4n) is 0.957. The van der Waals surface area contributed by atoms with Crippen LogP contribution in [0.3, 0.4) is 0 Å². The van der Waals surface area contributed by atoms with E-state index in [-0.39, 0.29) is 11.7 Å². The lowest BCUT2D eigenvalue weighted by molar-refractivity contribution is -0.116. The normalized spacial score (nSPS) is 9.50. The zero-order valence-electron chi connectivity index (χ0n) is 7.99. The number of ketones is 1. The summed E-state index contributed by atoms with van der Waals surface area (Å²) in [6, 6.07) is 3.26. The first-order valence-corrected chi connectivity index (χ1v) is 4.38. The van der Waals surface area contributed by atoms with Crippen LogP contribution in [0.4, 0.5) is 0 Å². The minimum Gasteiger partial charge on any atom is -0.352 e. The summed E-state index contributed by atoms with van der Waals surface area (Å²) < 4.78 is 0. The van der Waals surface area contributed by atoms with Crippen LogP contribution in [0.25, 0.3) is 0 Å². The number of hydrogen-bond donors (Lipinski definition) is 1. The number of nitrogens with zero attached hydrogens (tertiary/aromatic N) is 1. The van der Waals surface area contributed by atoms with E-state index in [1.54, 1.807) is 24.5 Å². The third-order valence-corrected chi connectivity index (χ3v) is 1.71. The van der Waals surface area contributed by atoms with Gasteiger partial charge in [-0.15, -0.1) is 0 Å². The summed E-state index contributed by atoms with van der Waals surface area (Å²) in [7, 11) is 0. The van der Waals surface area contributed by atoms with Gasteiger partial charge in [-0.3, -0.25) is 14.6 Å². The van der Waals surface area contributed by atoms with Crippen molar-refractivity contribution in [1.82, 2.24) is 10.3 Å². The molecule has 0 spiro atoms. The molecule has 0 bridgehead atoms. The lowest BCUT2D eigenvalue weighted by Gasteiger charge is -2.02. The van der Waals surface area contributed by atoms with Gasteiger partial charge in [0.25, 0.3) is 5.91 Å². The predicted octanol–water partition coefficient (Wildman–Crippen LogP) is 0.790. The van der Waals surface area contributed by atoms with Crippen molar-refractivity contribution in [3.05, 3.63) is 30.1 Å². The van der Waals surface area contributed by atoms with Crippen LogP contribution in [0.15, 0.2) is 24.5 Å². The summed E-state index contributed by atoms with van der Waals surface area (Å²) in [5.41, 5.74) is 0.559. The molecular weight excluding hydrogens is 180 g/mol. The van der Waals surface area contributed by atoms with Crippen molar-refractivity contribution < 1.29 is 9.59 Å². The predicted molar refractivity (Wildman–Crippen MR) is 51.9 cm³/mol. The Hall–Kier alpha value is -1.71. The molecule has 1 rings (SSSR count). The van der Waals surface area contributed by atoms with Crippen LogP contribution in [0.5, 0.6) is 0 Å². The van der Waals surface area contributed by atoms with E-state index in [1.165, 1.54) is 6.92 Å². The Morgan fingerprint density at radius 2 is 2.00 bits per heavy atom. The average Bonchev–Trinajstić information content (AvgIpc) is 2.18. The van der Waals surface area contributed by atoms with Gasteiger partial charge in [-0.2, -0.15) is 0 Å². The molecule has 0 unspecified atom stereocenters. The Morgan fingerprint density at radius 3 is 2.57 bits per heavy atom. The lowest BCUT2D eigenvalue weighted by atomic mass is 10.2. The maximum atomic E-state index is 11.4. The minimum absolute atomic E-state index is 0.0695. The van der Waals surface area contributed by atoms with E-state index in [0.29, 0.717) is 18.5 Å². The van der Waals surface area contributed by atoms with Crippen LogP contribution in [-0.4, -0.2) is 23.2 Å². The van der Waals surface area contributed by atoms with E-state index < -0.39 is 0 Å². The summed E-state index contributed by atoms with van der Waals surface area (Å²) in [6.45, 7) is 1.88. The molecule has 0 saturated carbocycles. The first-order chi connectivity index (χ1) is 6.70. The summed E-state index contributed by atoms with van der Waals surface area (Å²) in [6.07, 6.45) is 3.48. The van der Waals surface area contributed by atoms with Gasteiger partial charge in [0.05, 0.1) is 0 Å². The Balaban J connectivity index is 2.40. The van der Waals surface area contributed by atoms with Crippen molar-refractivity contribution in [2.45, 2.75) is 13.3 Å². The van der Waals surface area contributed by atoms with E-state index in [9.17, 15) is 9.59 Å². The molecule has 1 amide bonds. The minimum atomic E-state index is -0.173. The first-order valence-electron chi connectivity index (χ1n) is 4.38. The maximum absolute atomic E-state index is 11.4. The second-order valence-corrected chi connectivity index (χ2v) is 2.94. The number of hydrogen-bond acceptors (Lipinski definition) is 3. The lowest BCUT2D eigenvalue weighted by Crippen LogP contribution is -2.25. The molecule has 1 heterocycles. The van der Waals surface area contributed by atoms with Crippen molar-refractivity contribution in [3.63, 3.8) is 0 Å². The quantitative estimate of drug-likeness (QED) is 0.767. The second-order valence-electron chi connectivity index (χ2n) is 2.94. The fraction of sp³-hybridized carbons (Fsp3) is 0.300. The van der Waals surface area contributed by atoms with Gasteiger partial charge in [-0.1, -0.05) is 0 Å². The molecule has 4 nitrogen and oxygen atoms in total. The number of Topliss-reactive ketones (excluding diaryl/α,β-unsaturated/α-hetero) is 1. The molecule has 0 aliphatic heterocycles. The highest BCUT2D eigenvalue weighted by molar-refractivity contribution is 5.94. The molecule has 0 radical (unpaired) electrons. The van der Waals surface area contributed by atoms with Gasteiger partial charge in [0.1, 0.15) is 5.78 Å². The smallest absolute Gasteiger partial charge is 0.251 e. The molecule has 0 aliphatic rings. The van der Waals surface area contributed by atoms with E-state index in [4.69, 9.17) is 0 Å². The molecule has 0 aliphatic carbocycles. The Kier molecular flexibility index (Phi) is 3.79. The van der Waals surface area contributed by atoms with Gasteiger partial charge >= 0.3 is 0 Å². The van der Waals surface area contributed by atoms with E-state index in [1.807, 2.05) is 0 Å². The Morgan fingerprint density at radius 1 is 1.36 bits per heavy atom. The molecule has 1 N–H and O–H groups in total. The summed E-state index contributed by atoms with van der Waals surface area (Å²) >= 11 is 0. The number of nitrogens with one attached hydrogen (secondary N) is 1. The van der Waals surface area contributed by atoms with Gasteiger partial charge in [-0.05, 0) is 19.1 Å². The number of carbonyl (C=O) groups excluding carboxylic acids is 2.